The van der Waals surface area contributed by atoms with E-state index in [4.69, 9.17) is 0 Å². The van der Waals surface area contributed by atoms with Crippen LogP contribution < -0.4 is 5.32 Å². The van der Waals surface area contributed by atoms with E-state index in [1.807, 2.05) is 11.8 Å². The predicted molar refractivity (Wildman–Crippen MR) is 79.9 cm³/mol. The predicted octanol–water partition coefficient (Wildman–Crippen LogP) is 3.52. The highest BCUT2D eigenvalue weighted by Gasteiger charge is 2.10. The summed E-state index contributed by atoms with van der Waals surface area (Å²) in [5.41, 5.74) is 2.94. The van der Waals surface area contributed by atoms with Gasteiger partial charge in [-0.15, -0.1) is 0 Å². The van der Waals surface area contributed by atoms with Gasteiger partial charge in [0.1, 0.15) is 0 Å². The minimum atomic E-state index is 0.767. The molecule has 0 fully saturated rings. The highest BCUT2D eigenvalue weighted by molar-refractivity contribution is 7.98. The van der Waals surface area contributed by atoms with Gasteiger partial charge in [-0.25, -0.2) is 0 Å². The van der Waals surface area contributed by atoms with Gasteiger partial charge in [0, 0.05) is 0 Å². The Morgan fingerprint density at radius 3 is 2.71 bits per heavy atom. The third-order valence-corrected chi connectivity index (χ3v) is 3.83. The third-order valence-electron chi connectivity index (χ3n) is 3.18. The van der Waals surface area contributed by atoms with Crippen molar-refractivity contribution >= 4 is 11.8 Å². The Hall–Kier alpha value is -0.470. The largest absolute Gasteiger partial charge is 0.317 e. The molecule has 1 aromatic carbocycles. The molecule has 96 valence electrons. The SMILES string of the molecule is CCNCC(CCSC)Cc1ccccc1C. The van der Waals surface area contributed by atoms with Crippen molar-refractivity contribution in [2.75, 3.05) is 25.1 Å². The maximum Gasteiger partial charge on any atom is -0.00172 e. The van der Waals surface area contributed by atoms with Gasteiger partial charge in [0.05, 0.1) is 0 Å². The highest BCUT2D eigenvalue weighted by atomic mass is 32.2. The topological polar surface area (TPSA) is 12.0 Å². The molecule has 0 saturated carbocycles. The molecule has 0 amide bonds. The van der Waals surface area contributed by atoms with Crippen LogP contribution >= 0.6 is 11.8 Å². The zero-order chi connectivity index (χ0) is 12.5. The summed E-state index contributed by atoms with van der Waals surface area (Å²) in [4.78, 5) is 0. The van der Waals surface area contributed by atoms with Crippen LogP contribution in [0.1, 0.15) is 24.5 Å². The summed E-state index contributed by atoms with van der Waals surface area (Å²) in [6, 6.07) is 8.77. The minimum absolute atomic E-state index is 0.767. The van der Waals surface area contributed by atoms with E-state index in [1.54, 1.807) is 0 Å². The van der Waals surface area contributed by atoms with Crippen LogP contribution in [0.25, 0.3) is 0 Å². The van der Waals surface area contributed by atoms with Crippen LogP contribution in [0.15, 0.2) is 24.3 Å². The fourth-order valence-corrected chi connectivity index (χ4v) is 2.63. The van der Waals surface area contributed by atoms with Crippen LogP contribution in [0.2, 0.25) is 0 Å². The Bertz CT molecular complexity index is 304. The maximum atomic E-state index is 3.49. The van der Waals surface area contributed by atoms with E-state index < -0.39 is 0 Å². The Labute approximate surface area is 110 Å². The third kappa shape index (κ3) is 5.60. The van der Waals surface area contributed by atoms with Crippen LogP contribution in [-0.4, -0.2) is 25.1 Å². The van der Waals surface area contributed by atoms with Crippen molar-refractivity contribution in [3.05, 3.63) is 35.4 Å². The fourth-order valence-electron chi connectivity index (χ4n) is 2.06. The van der Waals surface area contributed by atoms with E-state index in [0.717, 1.165) is 19.0 Å². The van der Waals surface area contributed by atoms with Crippen LogP contribution in [0.3, 0.4) is 0 Å². The van der Waals surface area contributed by atoms with E-state index in [9.17, 15) is 0 Å². The molecule has 1 aromatic rings. The Balaban J connectivity index is 2.55. The quantitative estimate of drug-likeness (QED) is 0.759. The summed E-state index contributed by atoms with van der Waals surface area (Å²) < 4.78 is 0. The maximum absolute atomic E-state index is 3.49. The molecule has 1 N–H and O–H groups in total. The van der Waals surface area contributed by atoms with Crippen molar-refractivity contribution in [2.45, 2.75) is 26.7 Å². The molecular formula is C15H25NS. The van der Waals surface area contributed by atoms with Gasteiger partial charge >= 0.3 is 0 Å². The lowest BCUT2D eigenvalue weighted by Gasteiger charge is -2.18. The monoisotopic (exact) mass is 251 g/mol. The van der Waals surface area contributed by atoms with Gasteiger partial charge in [-0.05, 0) is 61.9 Å². The number of benzene rings is 1. The van der Waals surface area contributed by atoms with Crippen molar-refractivity contribution in [2.24, 2.45) is 5.92 Å². The molecule has 0 aromatic heterocycles. The number of aryl methyl sites for hydroxylation is 1. The Kier molecular flexibility index (Phi) is 7.38. The van der Waals surface area contributed by atoms with Crippen LogP contribution in [-0.2, 0) is 6.42 Å². The first kappa shape index (κ1) is 14.6. The second-order valence-electron chi connectivity index (χ2n) is 4.59. The van der Waals surface area contributed by atoms with E-state index in [1.165, 1.54) is 29.7 Å². The summed E-state index contributed by atoms with van der Waals surface area (Å²) in [7, 11) is 0. The first-order chi connectivity index (χ1) is 8.27. The number of nitrogens with one attached hydrogen (secondary N) is 1. The van der Waals surface area contributed by atoms with E-state index in [-0.39, 0.29) is 0 Å². The molecule has 1 rings (SSSR count). The lowest BCUT2D eigenvalue weighted by Crippen LogP contribution is -2.24. The van der Waals surface area contributed by atoms with Gasteiger partial charge in [0.25, 0.3) is 0 Å². The van der Waals surface area contributed by atoms with Crippen molar-refractivity contribution in [1.29, 1.82) is 0 Å². The average Bonchev–Trinajstić information content (AvgIpc) is 2.35. The van der Waals surface area contributed by atoms with Gasteiger partial charge in [-0.1, -0.05) is 31.2 Å². The lowest BCUT2D eigenvalue weighted by atomic mass is 9.94. The van der Waals surface area contributed by atoms with Crippen molar-refractivity contribution in [3.63, 3.8) is 0 Å². The molecule has 1 unspecified atom stereocenters. The molecule has 0 aliphatic rings. The molecule has 1 atom stereocenters. The average molecular weight is 251 g/mol. The molecule has 2 heteroatoms. The molecule has 0 spiro atoms. The molecule has 1 nitrogen and oxygen atoms in total. The second kappa shape index (κ2) is 8.60. The summed E-state index contributed by atoms with van der Waals surface area (Å²) in [5.74, 6) is 2.03. The number of hydrogen-bond donors (Lipinski definition) is 1. The first-order valence-electron chi connectivity index (χ1n) is 6.52. The van der Waals surface area contributed by atoms with Crippen molar-refractivity contribution < 1.29 is 0 Å². The fraction of sp³-hybridized carbons (Fsp3) is 0.600. The van der Waals surface area contributed by atoms with E-state index >= 15 is 0 Å². The molecule has 0 saturated heterocycles. The summed E-state index contributed by atoms with van der Waals surface area (Å²) in [5, 5.41) is 3.49. The zero-order valence-corrected chi connectivity index (χ0v) is 12.1. The normalized spacial score (nSPS) is 12.6. The molecule has 0 aliphatic heterocycles. The molecule has 0 radical (unpaired) electrons. The van der Waals surface area contributed by atoms with Crippen LogP contribution in [0.5, 0.6) is 0 Å². The van der Waals surface area contributed by atoms with Gasteiger partial charge in [-0.2, -0.15) is 11.8 Å². The number of hydrogen-bond acceptors (Lipinski definition) is 2. The van der Waals surface area contributed by atoms with Gasteiger partial charge in [0.15, 0.2) is 0 Å². The first-order valence-corrected chi connectivity index (χ1v) is 7.91. The lowest BCUT2D eigenvalue weighted by molar-refractivity contribution is 0.470. The molecule has 17 heavy (non-hydrogen) atoms. The Morgan fingerprint density at radius 1 is 1.29 bits per heavy atom. The van der Waals surface area contributed by atoms with Gasteiger partial charge < -0.3 is 5.32 Å². The van der Waals surface area contributed by atoms with Crippen molar-refractivity contribution in [1.82, 2.24) is 5.32 Å². The Morgan fingerprint density at radius 2 is 2.06 bits per heavy atom. The zero-order valence-electron chi connectivity index (χ0n) is 11.3. The van der Waals surface area contributed by atoms with E-state index in [2.05, 4.69) is 49.7 Å². The second-order valence-corrected chi connectivity index (χ2v) is 5.57. The van der Waals surface area contributed by atoms with Crippen LogP contribution in [0, 0.1) is 12.8 Å². The van der Waals surface area contributed by atoms with Crippen LogP contribution in [0.4, 0.5) is 0 Å². The molecule has 0 heterocycles. The van der Waals surface area contributed by atoms with Gasteiger partial charge in [-0.3, -0.25) is 0 Å². The minimum Gasteiger partial charge on any atom is -0.317 e. The standard InChI is InChI=1S/C15H25NS/c1-4-16-12-14(9-10-17-3)11-15-8-6-5-7-13(15)2/h5-8,14,16H,4,9-12H2,1-3H3. The molecule has 0 aliphatic carbocycles. The van der Waals surface area contributed by atoms with Gasteiger partial charge in [0.2, 0.25) is 0 Å². The molecule has 0 bridgehead atoms. The summed E-state index contributed by atoms with van der Waals surface area (Å²) in [6.45, 7) is 6.61. The van der Waals surface area contributed by atoms with E-state index in [0.29, 0.717) is 0 Å². The smallest absolute Gasteiger partial charge is 0.00172 e. The summed E-state index contributed by atoms with van der Waals surface area (Å²) >= 11 is 1.95. The highest BCUT2D eigenvalue weighted by Crippen LogP contribution is 2.17. The summed E-state index contributed by atoms with van der Waals surface area (Å²) in [6.07, 6.45) is 4.71. The number of thioether (sulfide) groups is 1. The number of rotatable bonds is 8. The van der Waals surface area contributed by atoms with Crippen molar-refractivity contribution in [3.8, 4) is 0 Å². The molecular weight excluding hydrogens is 226 g/mol.